The van der Waals surface area contributed by atoms with Gasteiger partial charge < -0.3 is 5.11 Å². The van der Waals surface area contributed by atoms with Crippen molar-refractivity contribution < 1.29 is 5.11 Å². The highest BCUT2D eigenvalue weighted by Gasteiger charge is 2.18. The van der Waals surface area contributed by atoms with Crippen molar-refractivity contribution >= 4 is 10.9 Å². The zero-order valence-electron chi connectivity index (χ0n) is 17.8. The molecule has 2 aromatic heterocycles. The average Bonchev–Trinajstić information content (AvgIpc) is 3.49. The second-order valence-corrected chi connectivity index (χ2v) is 8.24. The van der Waals surface area contributed by atoms with E-state index < -0.39 is 0 Å². The number of pyridine rings is 1. The fraction of sp³-hybridized carbons (Fsp3) is 0.320. The maximum Gasteiger partial charge on any atom is 0.146 e. The van der Waals surface area contributed by atoms with Crippen LogP contribution >= 0.6 is 0 Å². The number of hydrogen-bond donors (Lipinski definition) is 1. The van der Waals surface area contributed by atoms with Crippen LogP contribution in [-0.4, -0.2) is 43.1 Å². The Morgan fingerprint density at radius 3 is 2.58 bits per heavy atom. The maximum absolute atomic E-state index is 10.9. The first kappa shape index (κ1) is 19.7. The third-order valence-electron chi connectivity index (χ3n) is 6.13. The predicted molar refractivity (Wildman–Crippen MR) is 122 cm³/mol. The molecule has 6 heteroatoms. The number of phenolic OH excluding ortho intramolecular Hbond substituents is 1. The fourth-order valence-corrected chi connectivity index (χ4v) is 4.36. The Kier molecular flexibility index (Phi) is 5.38. The molecule has 1 fully saturated rings. The van der Waals surface area contributed by atoms with Crippen molar-refractivity contribution in [2.24, 2.45) is 0 Å². The zero-order chi connectivity index (χ0) is 21.2. The van der Waals surface area contributed by atoms with Crippen molar-refractivity contribution in [2.45, 2.75) is 39.3 Å². The SMILES string of the molecule is CCc1ccc(-c2cnn(Cc3cc(CN4CCCC4)c(O)c4ncccc34)n2)cc1. The van der Waals surface area contributed by atoms with E-state index in [-0.39, 0.29) is 5.75 Å². The Labute approximate surface area is 182 Å². The van der Waals surface area contributed by atoms with E-state index in [0.717, 1.165) is 53.8 Å². The van der Waals surface area contributed by atoms with Gasteiger partial charge in [-0.25, -0.2) is 0 Å². The second-order valence-electron chi connectivity index (χ2n) is 8.24. The highest BCUT2D eigenvalue weighted by atomic mass is 16.3. The fourth-order valence-electron chi connectivity index (χ4n) is 4.36. The summed E-state index contributed by atoms with van der Waals surface area (Å²) in [6.07, 6.45) is 7.01. The summed E-state index contributed by atoms with van der Waals surface area (Å²) in [5, 5.41) is 21.0. The summed E-state index contributed by atoms with van der Waals surface area (Å²) >= 11 is 0. The Morgan fingerprint density at radius 1 is 1.00 bits per heavy atom. The van der Waals surface area contributed by atoms with E-state index in [1.807, 2.05) is 18.3 Å². The van der Waals surface area contributed by atoms with Crippen molar-refractivity contribution in [3.63, 3.8) is 0 Å². The van der Waals surface area contributed by atoms with E-state index in [4.69, 9.17) is 5.10 Å². The summed E-state index contributed by atoms with van der Waals surface area (Å²) in [5.41, 5.74) is 5.88. The van der Waals surface area contributed by atoms with Gasteiger partial charge in [-0.3, -0.25) is 9.88 Å². The van der Waals surface area contributed by atoms with Gasteiger partial charge in [-0.05, 0) is 55.6 Å². The molecule has 0 saturated carbocycles. The number of hydrogen-bond acceptors (Lipinski definition) is 5. The van der Waals surface area contributed by atoms with Crippen molar-refractivity contribution in [2.75, 3.05) is 13.1 Å². The van der Waals surface area contributed by atoms with Gasteiger partial charge in [0.1, 0.15) is 17.0 Å². The molecule has 0 amide bonds. The summed E-state index contributed by atoms with van der Waals surface area (Å²) in [6, 6.07) is 14.5. The second kappa shape index (κ2) is 8.47. The highest BCUT2D eigenvalue weighted by molar-refractivity contribution is 5.88. The first-order valence-corrected chi connectivity index (χ1v) is 11.0. The van der Waals surface area contributed by atoms with Crippen LogP contribution in [0, 0.1) is 0 Å². The van der Waals surface area contributed by atoms with E-state index in [2.05, 4.69) is 52.2 Å². The van der Waals surface area contributed by atoms with Crippen LogP contribution < -0.4 is 0 Å². The normalized spacial score (nSPS) is 14.5. The summed E-state index contributed by atoms with van der Waals surface area (Å²) in [4.78, 5) is 8.58. The third kappa shape index (κ3) is 4.03. The Balaban J connectivity index is 1.47. The van der Waals surface area contributed by atoms with Gasteiger partial charge in [0, 0.05) is 29.3 Å². The molecule has 5 rings (SSSR count). The first-order valence-electron chi connectivity index (χ1n) is 11.0. The lowest BCUT2D eigenvalue weighted by Gasteiger charge is -2.18. The highest BCUT2D eigenvalue weighted by Crippen LogP contribution is 2.32. The van der Waals surface area contributed by atoms with Gasteiger partial charge in [-0.15, -0.1) is 0 Å². The minimum atomic E-state index is 0.288. The third-order valence-corrected chi connectivity index (χ3v) is 6.13. The number of fused-ring (bicyclic) bond motifs is 1. The lowest BCUT2D eigenvalue weighted by molar-refractivity contribution is 0.324. The average molecular weight is 414 g/mol. The van der Waals surface area contributed by atoms with Gasteiger partial charge >= 0.3 is 0 Å². The van der Waals surface area contributed by atoms with Gasteiger partial charge in [-0.2, -0.15) is 15.0 Å². The van der Waals surface area contributed by atoms with E-state index in [0.29, 0.717) is 12.1 Å². The standard InChI is InChI=1S/C25H27N5O/c1-2-18-7-9-19(10-8-18)23-15-27-30(28-23)17-20-14-21(16-29-12-3-4-13-29)25(31)24-22(20)6-5-11-26-24/h5-11,14-15,31H,2-4,12-13,16-17H2,1H3. The molecule has 1 saturated heterocycles. The Morgan fingerprint density at radius 2 is 1.81 bits per heavy atom. The van der Waals surface area contributed by atoms with Gasteiger partial charge in [0.25, 0.3) is 0 Å². The minimum absolute atomic E-state index is 0.288. The number of aromatic hydroxyl groups is 1. The molecular formula is C25H27N5O. The van der Waals surface area contributed by atoms with Gasteiger partial charge in [0.15, 0.2) is 0 Å². The Bertz CT molecular complexity index is 1190. The molecule has 1 N–H and O–H groups in total. The molecular weight excluding hydrogens is 386 g/mol. The largest absolute Gasteiger partial charge is 0.505 e. The predicted octanol–water partition coefficient (Wildman–Crippen LogP) is 4.41. The quantitative estimate of drug-likeness (QED) is 0.507. The number of aromatic nitrogens is 4. The number of phenols is 1. The lowest BCUT2D eigenvalue weighted by Crippen LogP contribution is -2.18. The summed E-state index contributed by atoms with van der Waals surface area (Å²) in [5.74, 6) is 0.288. The van der Waals surface area contributed by atoms with Crippen LogP contribution in [-0.2, 0) is 19.5 Å². The molecule has 2 aromatic carbocycles. The molecule has 0 aliphatic carbocycles. The lowest BCUT2D eigenvalue weighted by atomic mass is 10.0. The molecule has 3 heterocycles. The molecule has 31 heavy (non-hydrogen) atoms. The Hall–Kier alpha value is -3.25. The van der Waals surface area contributed by atoms with Crippen molar-refractivity contribution in [1.29, 1.82) is 0 Å². The van der Waals surface area contributed by atoms with E-state index in [9.17, 15) is 5.11 Å². The number of nitrogens with zero attached hydrogens (tertiary/aromatic N) is 5. The zero-order valence-corrected chi connectivity index (χ0v) is 17.8. The molecule has 0 atom stereocenters. The molecule has 0 bridgehead atoms. The molecule has 0 spiro atoms. The monoisotopic (exact) mass is 413 g/mol. The van der Waals surface area contributed by atoms with Crippen LogP contribution in [0.3, 0.4) is 0 Å². The van der Waals surface area contributed by atoms with Crippen molar-refractivity contribution in [3.05, 3.63) is 71.5 Å². The smallest absolute Gasteiger partial charge is 0.146 e. The van der Waals surface area contributed by atoms with Crippen LogP contribution in [0.25, 0.3) is 22.2 Å². The minimum Gasteiger partial charge on any atom is -0.505 e. The van der Waals surface area contributed by atoms with Gasteiger partial charge in [0.05, 0.1) is 12.7 Å². The van der Waals surface area contributed by atoms with Crippen molar-refractivity contribution in [1.82, 2.24) is 24.9 Å². The number of aryl methyl sites for hydroxylation is 1. The van der Waals surface area contributed by atoms with E-state index >= 15 is 0 Å². The topological polar surface area (TPSA) is 67.1 Å². The number of rotatable bonds is 6. The van der Waals surface area contributed by atoms with Gasteiger partial charge in [0.2, 0.25) is 0 Å². The summed E-state index contributed by atoms with van der Waals surface area (Å²) in [7, 11) is 0. The molecule has 0 unspecified atom stereocenters. The van der Waals surface area contributed by atoms with Gasteiger partial charge in [-0.1, -0.05) is 37.3 Å². The molecule has 1 aliphatic heterocycles. The molecule has 4 aromatic rings. The van der Waals surface area contributed by atoms with Crippen LogP contribution in [0.1, 0.15) is 36.5 Å². The van der Waals surface area contributed by atoms with Crippen LogP contribution in [0.4, 0.5) is 0 Å². The van der Waals surface area contributed by atoms with Crippen LogP contribution in [0.2, 0.25) is 0 Å². The molecule has 158 valence electrons. The summed E-state index contributed by atoms with van der Waals surface area (Å²) in [6.45, 7) is 5.58. The van der Waals surface area contributed by atoms with Crippen molar-refractivity contribution in [3.8, 4) is 17.0 Å². The number of benzene rings is 2. The molecule has 0 radical (unpaired) electrons. The van der Waals surface area contributed by atoms with E-state index in [1.165, 1.54) is 18.4 Å². The van der Waals surface area contributed by atoms with E-state index in [1.54, 1.807) is 11.0 Å². The summed E-state index contributed by atoms with van der Waals surface area (Å²) < 4.78 is 0. The molecule has 1 aliphatic rings. The number of likely N-dealkylation sites (tertiary alicyclic amines) is 1. The van der Waals surface area contributed by atoms with Crippen LogP contribution in [0.5, 0.6) is 5.75 Å². The van der Waals surface area contributed by atoms with Crippen LogP contribution in [0.15, 0.2) is 54.9 Å². The maximum atomic E-state index is 10.9. The molecule has 6 nitrogen and oxygen atoms in total. The first-order chi connectivity index (χ1) is 15.2.